The highest BCUT2D eigenvalue weighted by Gasteiger charge is 2.05. The van der Waals surface area contributed by atoms with Crippen molar-refractivity contribution in [2.24, 2.45) is 0 Å². The van der Waals surface area contributed by atoms with Crippen LogP contribution in [0.1, 0.15) is 63.8 Å². The summed E-state index contributed by atoms with van der Waals surface area (Å²) >= 11 is 0. The van der Waals surface area contributed by atoms with Gasteiger partial charge in [-0.2, -0.15) is 0 Å². The van der Waals surface area contributed by atoms with Crippen molar-refractivity contribution in [3.63, 3.8) is 0 Å². The number of ether oxygens (including phenoxy) is 1. The summed E-state index contributed by atoms with van der Waals surface area (Å²) < 4.78 is 5.90. The monoisotopic (exact) mass is 278 g/mol. The van der Waals surface area contributed by atoms with Crippen LogP contribution in [-0.4, -0.2) is 18.1 Å². The Hall–Kier alpha value is -1.09. The largest absolute Gasteiger partial charge is 0.492 e. The van der Waals surface area contributed by atoms with Gasteiger partial charge >= 0.3 is 0 Å². The van der Waals surface area contributed by atoms with Crippen molar-refractivity contribution >= 4 is 0 Å². The van der Waals surface area contributed by atoms with Crippen LogP contribution in [0.25, 0.3) is 0 Å². The molecule has 1 aromatic heterocycles. The van der Waals surface area contributed by atoms with Gasteiger partial charge in [0.2, 0.25) is 0 Å². The molecule has 1 aromatic rings. The van der Waals surface area contributed by atoms with Gasteiger partial charge < -0.3 is 10.1 Å². The van der Waals surface area contributed by atoms with Crippen LogP contribution in [0.15, 0.2) is 12.1 Å². The lowest BCUT2D eigenvalue weighted by Crippen LogP contribution is -2.16. The molecule has 0 saturated carbocycles. The molecule has 0 aliphatic heterocycles. The van der Waals surface area contributed by atoms with E-state index in [2.05, 4.69) is 30.2 Å². The molecule has 114 valence electrons. The van der Waals surface area contributed by atoms with Crippen molar-refractivity contribution < 1.29 is 4.74 Å². The normalized spacial score (nSPS) is 10.8. The smallest absolute Gasteiger partial charge is 0.142 e. The van der Waals surface area contributed by atoms with E-state index in [9.17, 15) is 0 Å². The number of rotatable bonds is 11. The zero-order chi connectivity index (χ0) is 14.6. The average molecular weight is 278 g/mol. The maximum atomic E-state index is 5.90. The Labute approximate surface area is 124 Å². The molecule has 0 aromatic carbocycles. The Kier molecular flexibility index (Phi) is 9.05. The Morgan fingerprint density at radius 2 is 1.85 bits per heavy atom. The van der Waals surface area contributed by atoms with E-state index in [0.29, 0.717) is 0 Å². The van der Waals surface area contributed by atoms with Gasteiger partial charge in [-0.05, 0) is 38.4 Å². The quantitative estimate of drug-likeness (QED) is 0.615. The number of aryl methyl sites for hydroxylation is 1. The Morgan fingerprint density at radius 3 is 2.60 bits per heavy atom. The molecule has 20 heavy (non-hydrogen) atoms. The summed E-state index contributed by atoms with van der Waals surface area (Å²) in [7, 11) is 0. The van der Waals surface area contributed by atoms with Gasteiger partial charge in [-0.15, -0.1) is 0 Å². The predicted molar refractivity (Wildman–Crippen MR) is 85.2 cm³/mol. The van der Waals surface area contributed by atoms with E-state index in [4.69, 9.17) is 4.74 Å². The molecule has 0 radical (unpaired) electrons. The highest BCUT2D eigenvalue weighted by molar-refractivity contribution is 5.29. The van der Waals surface area contributed by atoms with E-state index in [1.807, 2.05) is 13.0 Å². The summed E-state index contributed by atoms with van der Waals surface area (Å²) in [5.74, 6) is 0.940. The van der Waals surface area contributed by atoms with E-state index in [0.717, 1.165) is 49.7 Å². The fraction of sp³-hybridized carbons (Fsp3) is 0.706. The van der Waals surface area contributed by atoms with Crippen molar-refractivity contribution in [2.75, 3.05) is 13.2 Å². The summed E-state index contributed by atoms with van der Waals surface area (Å²) in [5.41, 5.74) is 2.08. The van der Waals surface area contributed by atoms with Crippen molar-refractivity contribution in [1.82, 2.24) is 10.3 Å². The fourth-order valence-corrected chi connectivity index (χ4v) is 2.13. The van der Waals surface area contributed by atoms with Crippen LogP contribution < -0.4 is 10.1 Å². The maximum Gasteiger partial charge on any atom is 0.142 e. The summed E-state index contributed by atoms with van der Waals surface area (Å²) in [6, 6.07) is 4.08. The van der Waals surface area contributed by atoms with Gasteiger partial charge in [0.25, 0.3) is 0 Å². The standard InChI is InChI=1S/C17H30N2O/c1-4-6-7-8-9-13-20-17-11-10-15(3)19-16(17)14-18-12-5-2/h10-11,18H,4-9,12-14H2,1-3H3. The van der Waals surface area contributed by atoms with Crippen molar-refractivity contribution in [3.05, 3.63) is 23.5 Å². The molecule has 1 heterocycles. The molecule has 0 spiro atoms. The third-order valence-electron chi connectivity index (χ3n) is 3.30. The molecule has 3 heteroatoms. The van der Waals surface area contributed by atoms with Crippen LogP contribution in [0.5, 0.6) is 5.75 Å². The van der Waals surface area contributed by atoms with Gasteiger partial charge in [-0.3, -0.25) is 4.98 Å². The molecular formula is C17H30N2O. The Morgan fingerprint density at radius 1 is 1.05 bits per heavy atom. The molecule has 0 fully saturated rings. The van der Waals surface area contributed by atoms with Crippen molar-refractivity contribution in [3.8, 4) is 5.75 Å². The zero-order valence-corrected chi connectivity index (χ0v) is 13.4. The number of unbranched alkanes of at least 4 members (excludes halogenated alkanes) is 4. The SMILES string of the molecule is CCCCCCCOc1ccc(C)nc1CNCCC. The van der Waals surface area contributed by atoms with E-state index < -0.39 is 0 Å². The fourth-order valence-electron chi connectivity index (χ4n) is 2.13. The molecule has 0 amide bonds. The highest BCUT2D eigenvalue weighted by Crippen LogP contribution is 2.17. The third-order valence-corrected chi connectivity index (χ3v) is 3.30. The van der Waals surface area contributed by atoms with Crippen molar-refractivity contribution in [2.45, 2.75) is 65.8 Å². The minimum Gasteiger partial charge on any atom is -0.492 e. The van der Waals surface area contributed by atoms with Gasteiger partial charge in [0, 0.05) is 12.2 Å². The molecular weight excluding hydrogens is 248 g/mol. The molecule has 0 atom stereocenters. The first-order valence-corrected chi connectivity index (χ1v) is 8.08. The Balaban J connectivity index is 2.38. The number of nitrogens with one attached hydrogen (secondary N) is 1. The minimum atomic E-state index is 0.792. The minimum absolute atomic E-state index is 0.792. The summed E-state index contributed by atoms with van der Waals surface area (Å²) in [5, 5.41) is 3.39. The molecule has 0 aliphatic rings. The molecule has 0 aliphatic carbocycles. The second kappa shape index (κ2) is 10.7. The number of pyridine rings is 1. The van der Waals surface area contributed by atoms with Gasteiger partial charge in [-0.25, -0.2) is 0 Å². The first-order chi connectivity index (χ1) is 9.77. The molecule has 0 unspecified atom stereocenters. The molecule has 3 nitrogen and oxygen atoms in total. The number of hydrogen-bond acceptors (Lipinski definition) is 3. The molecule has 1 N–H and O–H groups in total. The molecule has 0 saturated heterocycles. The van der Waals surface area contributed by atoms with E-state index in [1.165, 1.54) is 25.7 Å². The lowest BCUT2D eigenvalue weighted by molar-refractivity contribution is 0.299. The van der Waals surface area contributed by atoms with Gasteiger partial charge in [0.1, 0.15) is 5.75 Å². The van der Waals surface area contributed by atoms with Gasteiger partial charge in [-0.1, -0.05) is 39.5 Å². The number of nitrogens with zero attached hydrogens (tertiary/aromatic N) is 1. The summed E-state index contributed by atoms with van der Waals surface area (Å²) in [4.78, 5) is 4.59. The lowest BCUT2D eigenvalue weighted by Gasteiger charge is -2.12. The molecule has 1 rings (SSSR count). The van der Waals surface area contributed by atoms with Gasteiger partial charge in [0.15, 0.2) is 0 Å². The van der Waals surface area contributed by atoms with E-state index >= 15 is 0 Å². The van der Waals surface area contributed by atoms with E-state index in [-0.39, 0.29) is 0 Å². The maximum absolute atomic E-state index is 5.90. The van der Waals surface area contributed by atoms with Crippen LogP contribution in [0.3, 0.4) is 0 Å². The van der Waals surface area contributed by atoms with Crippen LogP contribution in [0.2, 0.25) is 0 Å². The van der Waals surface area contributed by atoms with Crippen LogP contribution >= 0.6 is 0 Å². The number of hydrogen-bond donors (Lipinski definition) is 1. The summed E-state index contributed by atoms with van der Waals surface area (Å²) in [6.07, 6.45) is 7.47. The first kappa shape index (κ1) is 17.0. The topological polar surface area (TPSA) is 34.1 Å². The molecule has 0 bridgehead atoms. The van der Waals surface area contributed by atoms with Crippen LogP contribution in [-0.2, 0) is 6.54 Å². The van der Waals surface area contributed by atoms with Crippen LogP contribution in [0, 0.1) is 6.92 Å². The third kappa shape index (κ3) is 6.90. The predicted octanol–water partition coefficient (Wildman–Crippen LogP) is 4.24. The number of aromatic nitrogens is 1. The first-order valence-electron chi connectivity index (χ1n) is 8.08. The average Bonchev–Trinajstić information content (AvgIpc) is 2.45. The summed E-state index contributed by atoms with van der Waals surface area (Å²) in [6.45, 7) is 9.05. The lowest BCUT2D eigenvalue weighted by atomic mass is 10.2. The van der Waals surface area contributed by atoms with Crippen LogP contribution in [0.4, 0.5) is 0 Å². The van der Waals surface area contributed by atoms with Gasteiger partial charge in [0.05, 0.1) is 12.3 Å². The Bertz CT molecular complexity index is 366. The van der Waals surface area contributed by atoms with Crippen molar-refractivity contribution in [1.29, 1.82) is 0 Å². The highest BCUT2D eigenvalue weighted by atomic mass is 16.5. The second-order valence-corrected chi connectivity index (χ2v) is 5.34. The zero-order valence-electron chi connectivity index (χ0n) is 13.4. The van der Waals surface area contributed by atoms with E-state index in [1.54, 1.807) is 0 Å². The second-order valence-electron chi connectivity index (χ2n) is 5.34.